The van der Waals surface area contributed by atoms with E-state index in [1.165, 1.54) is 6.42 Å². The monoisotopic (exact) mass is 549 g/mol. The minimum Gasteiger partial charge on any atom is -0.396 e. The highest BCUT2D eigenvalue weighted by molar-refractivity contribution is 9.09. The number of carbonyl (C=O) groups excluding carboxylic acids is 3. The Kier molecular flexibility index (Phi) is 6.97. The molecule has 34 heavy (non-hydrogen) atoms. The number of halogens is 1. The van der Waals surface area contributed by atoms with E-state index < -0.39 is 22.6 Å². The van der Waals surface area contributed by atoms with Crippen molar-refractivity contribution in [1.29, 1.82) is 0 Å². The summed E-state index contributed by atoms with van der Waals surface area (Å²) in [6.07, 6.45) is 6.44. The van der Waals surface area contributed by atoms with Gasteiger partial charge in [0.05, 0.1) is 16.6 Å². The topological polar surface area (TPSA) is 98.7 Å². The van der Waals surface area contributed by atoms with Gasteiger partial charge in [-0.1, -0.05) is 53.4 Å². The molecular weight excluding hydrogens is 518 g/mol. The SMILES string of the molecule is O=C(NC1CCCCC1)C1N(CCCO)C(=O)[C@@H]2[C@H](C(=O)Nc3ccccc3)[C@H]3SC12CC3Br. The van der Waals surface area contributed by atoms with Crippen LogP contribution in [0.1, 0.15) is 44.9 Å². The zero-order valence-electron chi connectivity index (χ0n) is 19.1. The second-order valence-corrected chi connectivity index (χ2v) is 12.7. The van der Waals surface area contributed by atoms with Gasteiger partial charge in [0.1, 0.15) is 6.04 Å². The van der Waals surface area contributed by atoms with Crippen LogP contribution in [0.15, 0.2) is 30.3 Å². The van der Waals surface area contributed by atoms with Gasteiger partial charge in [0.15, 0.2) is 0 Å². The molecule has 3 saturated heterocycles. The van der Waals surface area contributed by atoms with Crippen LogP contribution in [-0.4, -0.2) is 67.8 Å². The summed E-state index contributed by atoms with van der Waals surface area (Å²) in [7, 11) is 0. The van der Waals surface area contributed by atoms with Crippen LogP contribution in [0.3, 0.4) is 0 Å². The number of aliphatic hydroxyl groups excluding tert-OH is 1. The molecule has 4 aliphatic rings. The zero-order chi connectivity index (χ0) is 23.9. The van der Waals surface area contributed by atoms with Gasteiger partial charge in [-0.3, -0.25) is 14.4 Å². The maximum absolute atomic E-state index is 13.8. The van der Waals surface area contributed by atoms with Gasteiger partial charge in [0.25, 0.3) is 0 Å². The second-order valence-electron chi connectivity index (χ2n) is 9.97. The van der Waals surface area contributed by atoms with Gasteiger partial charge in [-0.25, -0.2) is 0 Å². The first-order valence-electron chi connectivity index (χ1n) is 12.4. The lowest BCUT2D eigenvalue weighted by atomic mass is 9.70. The van der Waals surface area contributed by atoms with Crippen molar-refractivity contribution in [2.45, 2.75) is 71.9 Å². The Morgan fingerprint density at radius 3 is 2.59 bits per heavy atom. The van der Waals surface area contributed by atoms with Gasteiger partial charge in [-0.15, -0.1) is 11.8 Å². The molecule has 1 aromatic carbocycles. The fourth-order valence-electron chi connectivity index (χ4n) is 6.49. The predicted octanol–water partition coefficient (Wildman–Crippen LogP) is 2.92. The Labute approximate surface area is 212 Å². The van der Waals surface area contributed by atoms with Crippen molar-refractivity contribution < 1.29 is 19.5 Å². The maximum Gasteiger partial charge on any atom is 0.244 e. The number of aliphatic hydroxyl groups is 1. The van der Waals surface area contributed by atoms with Gasteiger partial charge < -0.3 is 20.6 Å². The summed E-state index contributed by atoms with van der Waals surface area (Å²) in [5, 5.41) is 15.7. The van der Waals surface area contributed by atoms with Crippen LogP contribution in [0.4, 0.5) is 5.69 Å². The van der Waals surface area contributed by atoms with E-state index in [0.29, 0.717) is 25.1 Å². The average molecular weight is 551 g/mol. The first-order chi connectivity index (χ1) is 16.5. The van der Waals surface area contributed by atoms with Crippen LogP contribution < -0.4 is 10.6 Å². The number of carbonyl (C=O) groups is 3. The first kappa shape index (κ1) is 24.1. The number of fused-ring (bicyclic) bond motifs is 1. The summed E-state index contributed by atoms with van der Waals surface area (Å²) in [6.45, 7) is 0.273. The number of para-hydroxylation sites is 1. The smallest absolute Gasteiger partial charge is 0.244 e. The summed E-state index contributed by atoms with van der Waals surface area (Å²) in [6, 6.07) is 8.82. The Morgan fingerprint density at radius 2 is 1.88 bits per heavy atom. The Balaban J connectivity index is 1.45. The van der Waals surface area contributed by atoms with Gasteiger partial charge in [0.2, 0.25) is 17.7 Å². The van der Waals surface area contributed by atoms with Crippen LogP contribution in [0.25, 0.3) is 0 Å². The maximum atomic E-state index is 13.8. The normalized spacial score (nSPS) is 34.8. The number of thioether (sulfide) groups is 1. The summed E-state index contributed by atoms with van der Waals surface area (Å²) in [5.74, 6) is -1.44. The fraction of sp³-hybridized carbons (Fsp3) is 0.640. The van der Waals surface area contributed by atoms with E-state index in [9.17, 15) is 19.5 Å². The van der Waals surface area contributed by atoms with Crippen LogP contribution in [-0.2, 0) is 14.4 Å². The molecule has 1 aromatic rings. The Morgan fingerprint density at radius 1 is 1.15 bits per heavy atom. The van der Waals surface area contributed by atoms with E-state index >= 15 is 0 Å². The number of benzene rings is 1. The van der Waals surface area contributed by atoms with Gasteiger partial charge in [-0.05, 0) is 37.8 Å². The molecule has 0 aromatic heterocycles. The second kappa shape index (κ2) is 9.82. The molecule has 0 radical (unpaired) electrons. The molecule has 1 aliphatic carbocycles. The Bertz CT molecular complexity index is 943. The fourth-order valence-corrected chi connectivity index (χ4v) is 10.1. The molecule has 1 spiro atoms. The average Bonchev–Trinajstić information content (AvgIpc) is 3.42. The third-order valence-corrected chi connectivity index (χ3v) is 11.1. The van der Waals surface area contributed by atoms with Crippen LogP contribution in [0.2, 0.25) is 0 Å². The van der Waals surface area contributed by atoms with Gasteiger partial charge >= 0.3 is 0 Å². The highest BCUT2D eigenvalue weighted by Gasteiger charge is 2.75. The number of nitrogens with one attached hydrogen (secondary N) is 2. The molecule has 7 nitrogen and oxygen atoms in total. The molecule has 3 N–H and O–H groups in total. The van der Waals surface area contributed by atoms with E-state index in [1.807, 2.05) is 30.3 Å². The minimum atomic E-state index is -0.636. The summed E-state index contributed by atoms with van der Waals surface area (Å²) < 4.78 is -0.636. The molecule has 9 heteroatoms. The first-order valence-corrected chi connectivity index (χ1v) is 14.2. The number of anilines is 1. The van der Waals surface area contributed by atoms with Crippen molar-refractivity contribution in [3.8, 4) is 0 Å². The molecule has 1 saturated carbocycles. The largest absolute Gasteiger partial charge is 0.396 e. The third-order valence-electron chi connectivity index (χ3n) is 7.89. The minimum absolute atomic E-state index is 0.0484. The molecular formula is C25H32BrN3O4S. The zero-order valence-corrected chi connectivity index (χ0v) is 21.5. The van der Waals surface area contributed by atoms with Crippen LogP contribution in [0.5, 0.6) is 0 Å². The van der Waals surface area contributed by atoms with Crippen molar-refractivity contribution in [2.24, 2.45) is 11.8 Å². The van der Waals surface area contributed by atoms with Crippen molar-refractivity contribution in [3.63, 3.8) is 0 Å². The summed E-state index contributed by atoms with van der Waals surface area (Å²) in [5.41, 5.74) is 0.703. The van der Waals surface area contributed by atoms with E-state index in [0.717, 1.165) is 25.7 Å². The predicted molar refractivity (Wildman–Crippen MR) is 136 cm³/mol. The number of likely N-dealkylation sites (tertiary alicyclic amines) is 1. The molecule has 3 unspecified atom stereocenters. The summed E-state index contributed by atoms with van der Waals surface area (Å²) >= 11 is 5.44. The van der Waals surface area contributed by atoms with Crippen molar-refractivity contribution in [1.82, 2.24) is 10.2 Å². The third kappa shape index (κ3) is 4.07. The van der Waals surface area contributed by atoms with E-state index in [2.05, 4.69) is 26.6 Å². The van der Waals surface area contributed by atoms with Crippen molar-refractivity contribution in [3.05, 3.63) is 30.3 Å². The highest BCUT2D eigenvalue weighted by Crippen LogP contribution is 2.67. The van der Waals surface area contributed by atoms with E-state index in [1.54, 1.807) is 16.7 Å². The number of rotatable bonds is 7. The molecule has 184 valence electrons. The standard InChI is InChI=1S/C25H32BrN3O4S/c26-17-14-25-19(18(20(17)34-25)22(31)27-15-8-3-1-4-9-15)24(33)29(12-7-13-30)21(25)23(32)28-16-10-5-2-6-11-16/h1,3-4,8-9,16-21,30H,2,5-7,10-14H2,(H,27,31)(H,28,32)/t17?,18-,19-,20-,21?,25?/m0/s1. The summed E-state index contributed by atoms with van der Waals surface area (Å²) in [4.78, 5) is 42.8. The number of hydrogen-bond acceptors (Lipinski definition) is 5. The molecule has 2 bridgehead atoms. The van der Waals surface area contributed by atoms with Crippen LogP contribution in [0, 0.1) is 11.8 Å². The molecule has 6 atom stereocenters. The van der Waals surface area contributed by atoms with Gasteiger partial charge in [-0.2, -0.15) is 0 Å². The Hall–Kier alpha value is -1.58. The highest BCUT2D eigenvalue weighted by atomic mass is 79.9. The number of alkyl halides is 1. The van der Waals surface area contributed by atoms with E-state index in [-0.39, 0.29) is 40.4 Å². The lowest BCUT2D eigenvalue weighted by Crippen LogP contribution is -2.56. The van der Waals surface area contributed by atoms with Crippen molar-refractivity contribution in [2.75, 3.05) is 18.5 Å². The molecule has 5 rings (SSSR count). The number of nitrogens with zero attached hydrogens (tertiary/aromatic N) is 1. The molecule has 4 fully saturated rings. The molecule has 3 aliphatic heterocycles. The van der Waals surface area contributed by atoms with Gasteiger partial charge in [0, 0.05) is 35.0 Å². The number of hydrogen-bond donors (Lipinski definition) is 3. The number of amides is 3. The van der Waals surface area contributed by atoms with Crippen LogP contribution >= 0.6 is 27.7 Å². The molecule has 3 amide bonds. The lowest BCUT2D eigenvalue weighted by molar-refractivity contribution is -0.139. The molecule has 3 heterocycles. The van der Waals surface area contributed by atoms with E-state index in [4.69, 9.17) is 0 Å². The van der Waals surface area contributed by atoms with Crippen molar-refractivity contribution >= 4 is 51.1 Å². The quantitative estimate of drug-likeness (QED) is 0.454. The lowest BCUT2D eigenvalue weighted by Gasteiger charge is -2.36.